The standard InChI is InChI=1S/C17H25N3O2.HI/c1-18-17(20-8-7-13(11-20)12-21-2)19-10-15-9-14-5-3-4-6-16(14)22-15;/h3-6,13,15H,7-12H2,1-2H3,(H,18,19);1H. The van der Waals surface area contributed by atoms with Crippen molar-refractivity contribution in [3.8, 4) is 5.75 Å². The maximum atomic E-state index is 5.97. The zero-order valence-electron chi connectivity index (χ0n) is 13.8. The molecule has 2 aliphatic rings. The fourth-order valence-electron chi connectivity index (χ4n) is 3.30. The minimum absolute atomic E-state index is 0. The molecule has 1 fully saturated rings. The number of methoxy groups -OCH3 is 1. The summed E-state index contributed by atoms with van der Waals surface area (Å²) in [5.74, 6) is 2.60. The van der Waals surface area contributed by atoms with Crippen molar-refractivity contribution in [3.63, 3.8) is 0 Å². The number of rotatable bonds is 4. The number of fused-ring (bicyclic) bond motifs is 1. The molecule has 3 rings (SSSR count). The largest absolute Gasteiger partial charge is 0.488 e. The van der Waals surface area contributed by atoms with Gasteiger partial charge in [-0.05, 0) is 18.1 Å². The first-order valence-corrected chi connectivity index (χ1v) is 7.99. The van der Waals surface area contributed by atoms with E-state index in [1.165, 1.54) is 12.0 Å². The van der Waals surface area contributed by atoms with Crippen molar-refractivity contribution in [2.75, 3.05) is 40.4 Å². The Balaban J connectivity index is 0.00000192. The zero-order chi connectivity index (χ0) is 15.4. The van der Waals surface area contributed by atoms with E-state index in [-0.39, 0.29) is 30.1 Å². The lowest BCUT2D eigenvalue weighted by molar-refractivity contribution is 0.157. The van der Waals surface area contributed by atoms with Crippen LogP contribution in [0.2, 0.25) is 0 Å². The molecule has 0 spiro atoms. The van der Waals surface area contributed by atoms with Gasteiger partial charge in [-0.2, -0.15) is 0 Å². The average Bonchev–Trinajstić information content (AvgIpc) is 3.15. The van der Waals surface area contributed by atoms with E-state index >= 15 is 0 Å². The predicted molar refractivity (Wildman–Crippen MR) is 103 cm³/mol. The molecule has 0 amide bonds. The number of hydrogen-bond acceptors (Lipinski definition) is 3. The quantitative estimate of drug-likeness (QED) is 0.451. The van der Waals surface area contributed by atoms with Gasteiger partial charge in [0.25, 0.3) is 0 Å². The molecule has 2 unspecified atom stereocenters. The van der Waals surface area contributed by atoms with E-state index in [0.717, 1.165) is 44.4 Å². The second-order valence-corrected chi connectivity index (χ2v) is 6.04. The number of nitrogens with one attached hydrogen (secondary N) is 1. The average molecular weight is 431 g/mol. The van der Waals surface area contributed by atoms with Crippen LogP contribution in [0.15, 0.2) is 29.3 Å². The summed E-state index contributed by atoms with van der Waals surface area (Å²) in [7, 11) is 3.61. The molecule has 128 valence electrons. The van der Waals surface area contributed by atoms with Gasteiger partial charge in [0, 0.05) is 39.6 Å². The van der Waals surface area contributed by atoms with Crippen LogP contribution in [0, 0.1) is 5.92 Å². The van der Waals surface area contributed by atoms with E-state index in [4.69, 9.17) is 9.47 Å². The van der Waals surface area contributed by atoms with Gasteiger partial charge in [-0.15, -0.1) is 24.0 Å². The first-order chi connectivity index (χ1) is 10.8. The molecule has 1 aromatic carbocycles. The number of hydrogen-bond donors (Lipinski definition) is 1. The van der Waals surface area contributed by atoms with Crippen LogP contribution in [0.4, 0.5) is 0 Å². The number of benzene rings is 1. The summed E-state index contributed by atoms with van der Waals surface area (Å²) >= 11 is 0. The predicted octanol–water partition coefficient (Wildman–Crippen LogP) is 2.15. The molecular formula is C17H26IN3O2. The van der Waals surface area contributed by atoms with Crippen molar-refractivity contribution >= 4 is 29.9 Å². The molecule has 0 saturated carbocycles. The van der Waals surface area contributed by atoms with E-state index in [9.17, 15) is 0 Å². The minimum atomic E-state index is 0. The molecule has 2 aliphatic heterocycles. The maximum absolute atomic E-state index is 5.97. The number of halogens is 1. The van der Waals surface area contributed by atoms with Gasteiger partial charge >= 0.3 is 0 Å². The van der Waals surface area contributed by atoms with E-state index in [1.54, 1.807) is 7.11 Å². The summed E-state index contributed by atoms with van der Waals surface area (Å²) < 4.78 is 11.2. The Hall–Kier alpha value is -1.02. The van der Waals surface area contributed by atoms with Crippen LogP contribution < -0.4 is 10.1 Å². The summed E-state index contributed by atoms with van der Waals surface area (Å²) in [4.78, 5) is 6.72. The van der Waals surface area contributed by atoms with Crippen LogP contribution in [0.1, 0.15) is 12.0 Å². The second-order valence-electron chi connectivity index (χ2n) is 6.04. The maximum Gasteiger partial charge on any atom is 0.193 e. The van der Waals surface area contributed by atoms with Crippen LogP contribution >= 0.6 is 24.0 Å². The molecule has 0 radical (unpaired) electrons. The van der Waals surface area contributed by atoms with Gasteiger partial charge in [0.1, 0.15) is 11.9 Å². The highest BCUT2D eigenvalue weighted by atomic mass is 127. The van der Waals surface area contributed by atoms with Gasteiger partial charge in [0.2, 0.25) is 0 Å². The van der Waals surface area contributed by atoms with E-state index in [1.807, 2.05) is 19.2 Å². The van der Waals surface area contributed by atoms with Crippen LogP contribution in [-0.4, -0.2) is 57.4 Å². The molecule has 2 atom stereocenters. The molecule has 0 aliphatic carbocycles. The Morgan fingerprint density at radius 1 is 1.43 bits per heavy atom. The Bertz CT molecular complexity index is 513. The van der Waals surface area contributed by atoms with E-state index in [2.05, 4.69) is 27.3 Å². The molecule has 2 heterocycles. The van der Waals surface area contributed by atoms with Crippen molar-refractivity contribution < 1.29 is 9.47 Å². The summed E-state index contributed by atoms with van der Waals surface area (Å²) in [6.45, 7) is 3.67. The first-order valence-electron chi connectivity index (χ1n) is 7.99. The fraction of sp³-hybridized carbons (Fsp3) is 0.588. The van der Waals surface area contributed by atoms with Crippen LogP contribution in [-0.2, 0) is 11.2 Å². The van der Waals surface area contributed by atoms with Crippen molar-refractivity contribution in [1.29, 1.82) is 0 Å². The third kappa shape index (κ3) is 4.50. The van der Waals surface area contributed by atoms with Crippen molar-refractivity contribution in [2.45, 2.75) is 18.9 Å². The van der Waals surface area contributed by atoms with Gasteiger partial charge in [0.05, 0.1) is 13.2 Å². The normalized spacial score (nSPS) is 23.2. The van der Waals surface area contributed by atoms with Gasteiger partial charge < -0.3 is 19.7 Å². The highest BCUT2D eigenvalue weighted by Gasteiger charge is 2.26. The van der Waals surface area contributed by atoms with Gasteiger partial charge in [-0.1, -0.05) is 18.2 Å². The molecule has 1 aromatic rings. The molecule has 6 heteroatoms. The van der Waals surface area contributed by atoms with Gasteiger partial charge in [-0.25, -0.2) is 0 Å². The molecule has 1 saturated heterocycles. The smallest absolute Gasteiger partial charge is 0.193 e. The Labute approximate surface area is 155 Å². The summed E-state index contributed by atoms with van der Waals surface area (Å²) in [5.41, 5.74) is 1.30. The molecule has 0 bridgehead atoms. The monoisotopic (exact) mass is 431 g/mol. The van der Waals surface area contributed by atoms with Crippen LogP contribution in [0.3, 0.4) is 0 Å². The lowest BCUT2D eigenvalue weighted by atomic mass is 10.1. The SMILES string of the molecule is CN=C(NCC1Cc2ccccc2O1)N1CCC(COC)C1.I. The fourth-order valence-corrected chi connectivity index (χ4v) is 3.30. The zero-order valence-corrected chi connectivity index (χ0v) is 16.2. The Morgan fingerprint density at radius 2 is 2.26 bits per heavy atom. The van der Waals surface area contributed by atoms with Gasteiger partial charge in [0.15, 0.2) is 5.96 Å². The molecule has 1 N–H and O–H groups in total. The molecule has 23 heavy (non-hydrogen) atoms. The van der Waals surface area contributed by atoms with E-state index < -0.39 is 0 Å². The first kappa shape index (κ1) is 18.3. The lowest BCUT2D eigenvalue weighted by Crippen LogP contribution is -2.44. The second kappa shape index (κ2) is 8.73. The molecule has 0 aromatic heterocycles. The number of guanidine groups is 1. The highest BCUT2D eigenvalue weighted by molar-refractivity contribution is 14.0. The minimum Gasteiger partial charge on any atom is -0.488 e. The summed E-state index contributed by atoms with van der Waals surface area (Å²) in [6.07, 6.45) is 2.32. The van der Waals surface area contributed by atoms with E-state index in [0.29, 0.717) is 5.92 Å². The highest BCUT2D eigenvalue weighted by Crippen LogP contribution is 2.27. The lowest BCUT2D eigenvalue weighted by Gasteiger charge is -2.23. The molecule has 5 nitrogen and oxygen atoms in total. The Kier molecular flexibility index (Phi) is 6.95. The Morgan fingerprint density at radius 3 is 3.00 bits per heavy atom. The molecular weight excluding hydrogens is 405 g/mol. The third-order valence-corrected chi connectivity index (χ3v) is 4.40. The van der Waals surface area contributed by atoms with Gasteiger partial charge in [-0.3, -0.25) is 4.99 Å². The van der Waals surface area contributed by atoms with Crippen LogP contribution in [0.25, 0.3) is 0 Å². The number of para-hydroxylation sites is 1. The topological polar surface area (TPSA) is 46.1 Å². The summed E-state index contributed by atoms with van der Waals surface area (Å²) in [5, 5.41) is 3.46. The third-order valence-electron chi connectivity index (χ3n) is 4.40. The van der Waals surface area contributed by atoms with Crippen molar-refractivity contribution in [1.82, 2.24) is 10.2 Å². The number of ether oxygens (including phenoxy) is 2. The number of aliphatic imine (C=N–C) groups is 1. The number of likely N-dealkylation sites (tertiary alicyclic amines) is 1. The number of nitrogens with zero attached hydrogens (tertiary/aromatic N) is 2. The van der Waals surface area contributed by atoms with Crippen molar-refractivity contribution in [2.24, 2.45) is 10.9 Å². The van der Waals surface area contributed by atoms with Crippen molar-refractivity contribution in [3.05, 3.63) is 29.8 Å². The summed E-state index contributed by atoms with van der Waals surface area (Å²) in [6, 6.07) is 8.27. The van der Waals surface area contributed by atoms with Crippen LogP contribution in [0.5, 0.6) is 5.75 Å².